The van der Waals surface area contributed by atoms with Gasteiger partial charge in [0.2, 0.25) is 0 Å². The van der Waals surface area contributed by atoms with Gasteiger partial charge in [-0.3, -0.25) is 0 Å². The third kappa shape index (κ3) is 2.39. The zero-order valence-corrected chi connectivity index (χ0v) is 10.2. The van der Waals surface area contributed by atoms with Crippen molar-refractivity contribution in [3.63, 3.8) is 0 Å². The van der Waals surface area contributed by atoms with Gasteiger partial charge in [-0.1, -0.05) is 27.4 Å². The first-order chi connectivity index (χ1) is 6.88. The van der Waals surface area contributed by atoms with Crippen molar-refractivity contribution in [1.82, 2.24) is 0 Å². The fraction of sp³-hybridized carbons (Fsp3) is 0.364. The molecule has 0 radical (unpaired) electrons. The molecular weight excluding hydrogens is 206 g/mol. The fourth-order valence-corrected chi connectivity index (χ4v) is 2.39. The van der Waals surface area contributed by atoms with Gasteiger partial charge in [-0.2, -0.15) is 0 Å². The van der Waals surface area contributed by atoms with Crippen molar-refractivity contribution in [1.29, 1.82) is 0 Å². The van der Waals surface area contributed by atoms with Crippen molar-refractivity contribution in [3.05, 3.63) is 28.6 Å². The summed E-state index contributed by atoms with van der Waals surface area (Å²) in [7, 11) is 0. The van der Waals surface area contributed by atoms with Gasteiger partial charge in [0.1, 0.15) is 5.84 Å². The van der Waals surface area contributed by atoms with Crippen LogP contribution in [0.1, 0.15) is 31.2 Å². The second kappa shape index (κ2) is 4.06. The van der Waals surface area contributed by atoms with Gasteiger partial charge in [-0.05, 0) is 5.41 Å². The van der Waals surface area contributed by atoms with Crippen LogP contribution in [-0.2, 0) is 5.41 Å². The molecule has 0 aliphatic carbocycles. The molecule has 0 unspecified atom stereocenters. The average Bonchev–Trinajstić information content (AvgIpc) is 2.46. The van der Waals surface area contributed by atoms with Crippen LogP contribution in [-0.4, -0.2) is 5.84 Å². The van der Waals surface area contributed by atoms with Crippen LogP contribution in [0, 0.1) is 0 Å². The normalized spacial score (nSPS) is 12.9. The summed E-state index contributed by atoms with van der Waals surface area (Å²) in [5, 5.41) is 1.94. The second-order valence-electron chi connectivity index (χ2n) is 4.34. The summed E-state index contributed by atoms with van der Waals surface area (Å²) in [6, 6.07) is 0. The molecule has 0 spiro atoms. The van der Waals surface area contributed by atoms with Gasteiger partial charge < -0.3 is 11.5 Å². The van der Waals surface area contributed by atoms with Gasteiger partial charge in [0.15, 0.2) is 0 Å². The summed E-state index contributed by atoms with van der Waals surface area (Å²) in [5.41, 5.74) is 13.4. The van der Waals surface area contributed by atoms with Crippen molar-refractivity contribution in [3.8, 4) is 0 Å². The summed E-state index contributed by atoms with van der Waals surface area (Å²) in [6.45, 7) is 9.88. The lowest BCUT2D eigenvalue weighted by Crippen LogP contribution is -2.16. The molecule has 15 heavy (non-hydrogen) atoms. The lowest BCUT2D eigenvalue weighted by molar-refractivity contribution is 0.606. The van der Waals surface area contributed by atoms with E-state index in [-0.39, 0.29) is 5.41 Å². The monoisotopic (exact) mass is 223 g/mol. The van der Waals surface area contributed by atoms with Crippen molar-refractivity contribution < 1.29 is 0 Å². The summed E-state index contributed by atoms with van der Waals surface area (Å²) in [6.07, 6.45) is 1.42. The quantitative estimate of drug-likeness (QED) is 0.597. The number of rotatable bonds is 2. The van der Waals surface area contributed by atoms with Crippen molar-refractivity contribution in [2.75, 3.05) is 5.73 Å². The van der Waals surface area contributed by atoms with Crippen molar-refractivity contribution in [2.24, 2.45) is 10.7 Å². The molecule has 1 aromatic rings. The van der Waals surface area contributed by atoms with Gasteiger partial charge in [-0.25, -0.2) is 4.99 Å². The first-order valence-corrected chi connectivity index (χ1v) is 5.58. The van der Waals surface area contributed by atoms with Crippen LogP contribution in [0.3, 0.4) is 0 Å². The minimum atomic E-state index is 0.0431. The molecule has 0 amide bonds. The number of nitrogens with zero attached hydrogens (tertiary/aromatic N) is 1. The predicted molar refractivity (Wildman–Crippen MR) is 68.4 cm³/mol. The Hall–Kier alpha value is -1.29. The van der Waals surface area contributed by atoms with E-state index in [0.29, 0.717) is 5.84 Å². The zero-order valence-electron chi connectivity index (χ0n) is 9.37. The maximum Gasteiger partial charge on any atom is 0.133 e. The summed E-state index contributed by atoms with van der Waals surface area (Å²) < 4.78 is 0. The molecule has 0 aliphatic heterocycles. The topological polar surface area (TPSA) is 64.4 Å². The third-order valence-electron chi connectivity index (χ3n) is 2.02. The van der Waals surface area contributed by atoms with E-state index in [9.17, 15) is 0 Å². The Morgan fingerprint density at radius 2 is 2.13 bits per heavy atom. The standard InChI is InChI=1S/C11H17N3S/c1-5-14-10(13)7-6-15-9(8(7)12)11(2,3)4/h5-6H,1,12H2,2-4H3,(H2,13,14). The fourth-order valence-electron chi connectivity index (χ4n) is 1.31. The van der Waals surface area contributed by atoms with E-state index < -0.39 is 0 Å². The molecular formula is C11H17N3S. The minimum Gasteiger partial charge on any atom is -0.397 e. The van der Waals surface area contributed by atoms with Crippen LogP contribution >= 0.6 is 11.3 Å². The Labute approximate surface area is 94.5 Å². The Morgan fingerprint density at radius 3 is 2.53 bits per heavy atom. The Bertz CT molecular complexity index is 396. The number of thiophene rings is 1. The number of aliphatic imine (C=N–C) groups is 1. The highest BCUT2D eigenvalue weighted by molar-refractivity contribution is 7.11. The number of nitrogen functional groups attached to an aromatic ring is 1. The van der Waals surface area contributed by atoms with E-state index in [4.69, 9.17) is 11.5 Å². The molecule has 4 heteroatoms. The molecule has 0 atom stereocenters. The maximum atomic E-state index is 6.04. The average molecular weight is 223 g/mol. The van der Waals surface area contributed by atoms with Gasteiger partial charge in [0, 0.05) is 16.5 Å². The van der Waals surface area contributed by atoms with E-state index in [1.54, 1.807) is 11.3 Å². The van der Waals surface area contributed by atoms with Crippen LogP contribution < -0.4 is 11.5 Å². The summed E-state index contributed by atoms with van der Waals surface area (Å²) in [4.78, 5) is 5.07. The second-order valence-corrected chi connectivity index (χ2v) is 5.22. The number of hydrogen-bond acceptors (Lipinski definition) is 3. The SMILES string of the molecule is C=CN=C(N)c1csc(C(C)(C)C)c1N. The number of amidine groups is 1. The van der Waals surface area contributed by atoms with E-state index >= 15 is 0 Å². The molecule has 0 aliphatic rings. The molecule has 0 bridgehead atoms. The summed E-state index contributed by atoms with van der Waals surface area (Å²) in [5.74, 6) is 0.425. The Morgan fingerprint density at radius 1 is 1.53 bits per heavy atom. The van der Waals surface area contributed by atoms with E-state index in [2.05, 4.69) is 32.3 Å². The maximum absolute atomic E-state index is 6.04. The molecule has 0 saturated heterocycles. The van der Waals surface area contributed by atoms with Crippen molar-refractivity contribution >= 4 is 22.9 Å². The highest BCUT2D eigenvalue weighted by atomic mass is 32.1. The highest BCUT2D eigenvalue weighted by Crippen LogP contribution is 2.35. The van der Waals surface area contributed by atoms with Gasteiger partial charge in [0.25, 0.3) is 0 Å². The van der Waals surface area contributed by atoms with Crippen LogP contribution in [0.25, 0.3) is 0 Å². The van der Waals surface area contributed by atoms with Crippen molar-refractivity contribution in [2.45, 2.75) is 26.2 Å². The zero-order chi connectivity index (χ0) is 11.6. The molecule has 0 saturated carbocycles. The Balaban J connectivity index is 3.21. The van der Waals surface area contributed by atoms with Crippen LogP contribution in [0.5, 0.6) is 0 Å². The van der Waals surface area contributed by atoms with Gasteiger partial charge in [0.05, 0.1) is 11.3 Å². The lowest BCUT2D eigenvalue weighted by atomic mass is 9.93. The summed E-state index contributed by atoms with van der Waals surface area (Å²) >= 11 is 1.62. The molecule has 3 nitrogen and oxygen atoms in total. The van der Waals surface area contributed by atoms with Crippen LogP contribution in [0.15, 0.2) is 23.2 Å². The first kappa shape index (κ1) is 11.8. The lowest BCUT2D eigenvalue weighted by Gasteiger charge is -2.17. The molecule has 82 valence electrons. The largest absolute Gasteiger partial charge is 0.397 e. The van der Waals surface area contributed by atoms with Crippen LogP contribution in [0.4, 0.5) is 5.69 Å². The van der Waals surface area contributed by atoms with E-state index in [0.717, 1.165) is 16.1 Å². The number of anilines is 1. The minimum absolute atomic E-state index is 0.0431. The molecule has 1 heterocycles. The predicted octanol–water partition coefficient (Wildman–Crippen LogP) is 2.48. The van der Waals surface area contributed by atoms with E-state index in [1.165, 1.54) is 6.20 Å². The number of nitrogens with two attached hydrogens (primary N) is 2. The molecule has 0 aromatic carbocycles. The smallest absolute Gasteiger partial charge is 0.133 e. The Kier molecular flexibility index (Phi) is 3.19. The molecule has 0 fully saturated rings. The molecule has 1 rings (SSSR count). The molecule has 4 N–H and O–H groups in total. The first-order valence-electron chi connectivity index (χ1n) is 4.70. The highest BCUT2D eigenvalue weighted by Gasteiger charge is 2.21. The van der Waals surface area contributed by atoms with Crippen LogP contribution in [0.2, 0.25) is 0 Å². The van der Waals surface area contributed by atoms with E-state index in [1.807, 2.05) is 5.38 Å². The van der Waals surface area contributed by atoms with Gasteiger partial charge in [-0.15, -0.1) is 11.3 Å². The van der Waals surface area contributed by atoms with Gasteiger partial charge >= 0.3 is 0 Å². The molecule has 1 aromatic heterocycles. The third-order valence-corrected chi connectivity index (χ3v) is 3.44. The number of hydrogen-bond donors (Lipinski definition) is 2.